The molecule has 0 atom stereocenters. The second kappa shape index (κ2) is 28.9. The number of fused-ring (bicyclic) bond motifs is 2. The molecule has 9 nitrogen and oxygen atoms in total. The molecule has 0 bridgehead atoms. The topological polar surface area (TPSA) is 103 Å². The van der Waals surface area contributed by atoms with Crippen LogP contribution in [0, 0.1) is 11.8 Å². The molecule has 2 aliphatic heterocycles. The molecule has 2 saturated heterocycles. The van der Waals surface area contributed by atoms with E-state index >= 15 is 0 Å². The molecule has 4 aromatic rings. The number of esters is 2. The SMILES string of the molecule is CCCCCCCOc1ccc2cccc(C=O)c2c1.CCCCCCCOc1ccc2cccc(CN3CCC(C(=O)OCC)CC3)c2c1.CCOC(=O)C1CCNCC1. The summed E-state index contributed by atoms with van der Waals surface area (Å²) in [6.45, 7) is 15.4. The fourth-order valence-corrected chi connectivity index (χ4v) is 7.95. The Morgan fingerprint density at radius 2 is 1.13 bits per heavy atom. The van der Waals surface area contributed by atoms with Gasteiger partial charge in [0, 0.05) is 12.1 Å². The zero-order valence-electron chi connectivity index (χ0n) is 37.7. The van der Waals surface area contributed by atoms with Crippen molar-refractivity contribution < 1.29 is 33.3 Å². The lowest BCUT2D eigenvalue weighted by Crippen LogP contribution is -2.36. The summed E-state index contributed by atoms with van der Waals surface area (Å²) in [6.07, 6.45) is 16.9. The Hall–Kier alpha value is -4.47. The van der Waals surface area contributed by atoms with Crippen LogP contribution in [-0.4, -0.2) is 75.7 Å². The highest BCUT2D eigenvalue weighted by Gasteiger charge is 2.26. The standard InChI is InChI=1S/C26H37NO3.C18H22O2.C8H15NO2/c1-3-5-6-7-8-18-30-24-13-12-21-10-9-11-23(25(21)19-24)20-27-16-14-22(15-17-27)26(28)29-4-2;1-2-3-4-5-6-12-20-17-11-10-15-8-7-9-16(14-19)18(15)13-17;1-2-11-8(10)7-3-5-9-6-4-7/h9-13,19,22H,3-8,14-18,20H2,1-2H3;7-11,13-14H,2-6,12H2,1H3;7,9H,2-6H2,1H3. The van der Waals surface area contributed by atoms with E-state index in [0.29, 0.717) is 13.2 Å². The van der Waals surface area contributed by atoms with Gasteiger partial charge in [-0.25, -0.2) is 0 Å². The van der Waals surface area contributed by atoms with Crippen molar-refractivity contribution in [2.75, 3.05) is 52.6 Å². The highest BCUT2D eigenvalue weighted by Crippen LogP contribution is 2.28. The molecular formula is C52H74N2O7. The molecule has 0 unspecified atom stereocenters. The van der Waals surface area contributed by atoms with Gasteiger partial charge in [-0.3, -0.25) is 19.3 Å². The van der Waals surface area contributed by atoms with Gasteiger partial charge in [0.25, 0.3) is 0 Å². The van der Waals surface area contributed by atoms with Gasteiger partial charge in [-0.1, -0.05) is 114 Å². The Kier molecular flexibility index (Phi) is 23.3. The predicted molar refractivity (Wildman–Crippen MR) is 249 cm³/mol. The molecule has 0 aliphatic carbocycles. The number of unbranched alkanes of at least 4 members (excludes halogenated alkanes) is 8. The molecule has 2 aliphatic rings. The van der Waals surface area contributed by atoms with Crippen LogP contribution in [0.2, 0.25) is 0 Å². The highest BCUT2D eigenvalue weighted by atomic mass is 16.5. The van der Waals surface area contributed by atoms with Gasteiger partial charge in [0.2, 0.25) is 0 Å². The largest absolute Gasteiger partial charge is 0.494 e. The van der Waals surface area contributed by atoms with Gasteiger partial charge in [-0.15, -0.1) is 0 Å². The summed E-state index contributed by atoms with van der Waals surface area (Å²) < 4.78 is 21.9. The van der Waals surface area contributed by atoms with Gasteiger partial charge in [-0.05, 0) is 130 Å². The zero-order valence-corrected chi connectivity index (χ0v) is 37.7. The second-order valence-electron chi connectivity index (χ2n) is 16.3. The molecule has 61 heavy (non-hydrogen) atoms. The van der Waals surface area contributed by atoms with E-state index in [9.17, 15) is 14.4 Å². The summed E-state index contributed by atoms with van der Waals surface area (Å²) in [5, 5.41) is 7.77. The molecular weight excluding hydrogens is 765 g/mol. The van der Waals surface area contributed by atoms with Crippen LogP contribution in [0.1, 0.15) is 134 Å². The van der Waals surface area contributed by atoms with Crippen molar-refractivity contribution >= 4 is 39.8 Å². The van der Waals surface area contributed by atoms with E-state index in [0.717, 1.165) is 119 Å². The molecule has 2 fully saturated rings. The summed E-state index contributed by atoms with van der Waals surface area (Å²) in [6, 6.07) is 24.7. The number of benzene rings is 4. The average Bonchev–Trinajstić information content (AvgIpc) is 3.29. The monoisotopic (exact) mass is 839 g/mol. The molecule has 1 N–H and O–H groups in total. The minimum Gasteiger partial charge on any atom is -0.494 e. The summed E-state index contributed by atoms with van der Waals surface area (Å²) in [7, 11) is 0. The van der Waals surface area contributed by atoms with E-state index in [1.807, 2.05) is 50.2 Å². The van der Waals surface area contributed by atoms with Crippen molar-refractivity contribution in [2.24, 2.45) is 11.8 Å². The Morgan fingerprint density at radius 3 is 1.67 bits per heavy atom. The van der Waals surface area contributed by atoms with Gasteiger partial charge >= 0.3 is 11.9 Å². The van der Waals surface area contributed by atoms with E-state index < -0.39 is 0 Å². The first kappa shape index (κ1) is 49.2. The lowest BCUT2D eigenvalue weighted by atomic mass is 9.96. The molecule has 0 amide bonds. The number of ether oxygens (including phenoxy) is 4. The van der Waals surface area contributed by atoms with Gasteiger partial charge < -0.3 is 24.3 Å². The van der Waals surface area contributed by atoms with Crippen molar-refractivity contribution in [3.8, 4) is 11.5 Å². The van der Waals surface area contributed by atoms with Crippen LogP contribution in [0.15, 0.2) is 72.8 Å². The van der Waals surface area contributed by atoms with Crippen molar-refractivity contribution in [1.82, 2.24) is 10.2 Å². The first-order chi connectivity index (χ1) is 29.9. The van der Waals surface area contributed by atoms with Crippen LogP contribution < -0.4 is 14.8 Å². The maximum Gasteiger partial charge on any atom is 0.309 e. The van der Waals surface area contributed by atoms with Crippen LogP contribution in [-0.2, 0) is 25.6 Å². The number of piperidine rings is 2. The number of carbonyl (C=O) groups is 3. The molecule has 0 spiro atoms. The number of hydrogen-bond acceptors (Lipinski definition) is 9. The first-order valence-electron chi connectivity index (χ1n) is 23.4. The van der Waals surface area contributed by atoms with Crippen LogP contribution in [0.25, 0.3) is 21.5 Å². The number of rotatable bonds is 21. The summed E-state index contributed by atoms with van der Waals surface area (Å²) in [5.74, 6) is 1.98. The van der Waals surface area contributed by atoms with E-state index in [-0.39, 0.29) is 23.8 Å². The molecule has 0 radical (unpaired) electrons. The fourth-order valence-electron chi connectivity index (χ4n) is 7.95. The number of nitrogens with zero attached hydrogens (tertiary/aromatic N) is 1. The van der Waals surface area contributed by atoms with Crippen LogP contribution in [0.5, 0.6) is 11.5 Å². The van der Waals surface area contributed by atoms with E-state index in [2.05, 4.69) is 60.5 Å². The quantitative estimate of drug-likeness (QED) is 0.0499. The average molecular weight is 839 g/mol. The Labute approximate surface area is 366 Å². The van der Waals surface area contributed by atoms with Gasteiger partial charge in [0.15, 0.2) is 6.29 Å². The lowest BCUT2D eigenvalue weighted by Gasteiger charge is -2.31. The zero-order chi connectivity index (χ0) is 43.5. The number of likely N-dealkylation sites (tertiary alicyclic amines) is 1. The van der Waals surface area contributed by atoms with Crippen molar-refractivity contribution in [3.05, 3.63) is 83.9 Å². The van der Waals surface area contributed by atoms with Crippen LogP contribution in [0.3, 0.4) is 0 Å². The maximum absolute atomic E-state index is 12.0. The third-order valence-corrected chi connectivity index (χ3v) is 11.6. The number of nitrogens with one attached hydrogen (secondary N) is 1. The molecule has 0 aromatic heterocycles. The van der Waals surface area contributed by atoms with Gasteiger partial charge in [0.1, 0.15) is 11.5 Å². The number of carbonyl (C=O) groups excluding carboxylic acids is 3. The van der Waals surface area contributed by atoms with E-state index in [1.165, 1.54) is 67.7 Å². The molecule has 334 valence electrons. The van der Waals surface area contributed by atoms with Crippen LogP contribution in [0.4, 0.5) is 0 Å². The fraction of sp³-hybridized carbons (Fsp3) is 0.558. The number of hydrogen-bond donors (Lipinski definition) is 1. The molecule has 4 aromatic carbocycles. The van der Waals surface area contributed by atoms with Gasteiger partial charge in [0.05, 0.1) is 38.3 Å². The van der Waals surface area contributed by atoms with Crippen molar-refractivity contribution in [2.45, 2.75) is 124 Å². The maximum atomic E-state index is 12.0. The second-order valence-corrected chi connectivity index (χ2v) is 16.3. The third kappa shape index (κ3) is 17.4. The molecule has 9 heteroatoms. The first-order valence-corrected chi connectivity index (χ1v) is 23.4. The highest BCUT2D eigenvalue weighted by molar-refractivity contribution is 5.98. The van der Waals surface area contributed by atoms with Crippen molar-refractivity contribution in [1.29, 1.82) is 0 Å². The molecule has 2 heterocycles. The predicted octanol–water partition coefficient (Wildman–Crippen LogP) is 11.5. The molecule has 6 rings (SSSR count). The van der Waals surface area contributed by atoms with Crippen molar-refractivity contribution in [3.63, 3.8) is 0 Å². The minimum absolute atomic E-state index is 0.0194. The summed E-state index contributed by atoms with van der Waals surface area (Å²) in [5.41, 5.74) is 2.05. The normalized spacial score (nSPS) is 14.6. The van der Waals surface area contributed by atoms with E-state index in [1.54, 1.807) is 0 Å². The summed E-state index contributed by atoms with van der Waals surface area (Å²) in [4.78, 5) is 36.6. The van der Waals surface area contributed by atoms with Gasteiger partial charge in [-0.2, -0.15) is 0 Å². The van der Waals surface area contributed by atoms with Crippen LogP contribution >= 0.6 is 0 Å². The minimum atomic E-state index is -0.0289. The Bertz CT molecular complexity index is 1870. The Balaban J connectivity index is 0.000000226. The number of aldehydes is 1. The third-order valence-electron chi connectivity index (χ3n) is 11.6. The van der Waals surface area contributed by atoms with E-state index in [4.69, 9.17) is 18.9 Å². The smallest absolute Gasteiger partial charge is 0.309 e. The summed E-state index contributed by atoms with van der Waals surface area (Å²) >= 11 is 0. The Morgan fingerprint density at radius 1 is 0.623 bits per heavy atom. The lowest BCUT2D eigenvalue weighted by molar-refractivity contribution is -0.150. The molecule has 0 saturated carbocycles.